The summed E-state index contributed by atoms with van der Waals surface area (Å²) >= 11 is 0. The van der Waals surface area contributed by atoms with Gasteiger partial charge >= 0.3 is 12.1 Å². The van der Waals surface area contributed by atoms with Crippen LogP contribution in [0, 0.1) is 29.3 Å². The molecular weight excluding hydrogens is 642 g/mol. The van der Waals surface area contributed by atoms with E-state index in [1.54, 1.807) is 17.0 Å². The van der Waals surface area contributed by atoms with Gasteiger partial charge in [0, 0.05) is 38.3 Å². The Morgan fingerprint density at radius 1 is 1.04 bits per heavy atom. The normalized spacial score (nSPS) is 20.9. The molecular formula is C34H48Cl2F3N3O4. The fourth-order valence-electron chi connectivity index (χ4n) is 6.87. The standard InChI is InChI=1S/C34H46F3N3O4.2ClH/c1-4-12-40(34(43)44-21-23-8-9-30(36)31(37)16-23)28-10-13-39(14-11-28)20-25-18-27(38-32(33(41)42)15-22(2)3)19-29(25)24-6-5-7-26(35)17-24;;/h5-9,16-17,22,25,27-29,32,38H,4,10-15,18-21H2,1-3H3,(H,41,42);2*1H/t25?,27?,29?,32-;;/m1../s1. The van der Waals surface area contributed by atoms with Crippen molar-refractivity contribution in [1.82, 2.24) is 15.1 Å². The highest BCUT2D eigenvalue weighted by Gasteiger charge is 2.39. The zero-order valence-corrected chi connectivity index (χ0v) is 28.4. The molecule has 2 aliphatic rings. The van der Waals surface area contributed by atoms with Crippen molar-refractivity contribution in [3.8, 4) is 0 Å². The van der Waals surface area contributed by atoms with Gasteiger partial charge in [-0.3, -0.25) is 4.79 Å². The molecule has 0 radical (unpaired) electrons. The van der Waals surface area contributed by atoms with Gasteiger partial charge in [-0.05, 0) is 91.7 Å². The molecule has 258 valence electrons. The highest BCUT2D eigenvalue weighted by Crippen LogP contribution is 2.41. The first-order valence-electron chi connectivity index (χ1n) is 15.9. The first kappa shape index (κ1) is 39.6. The summed E-state index contributed by atoms with van der Waals surface area (Å²) in [5.41, 5.74) is 1.34. The fourth-order valence-corrected chi connectivity index (χ4v) is 6.87. The molecule has 0 bridgehead atoms. The monoisotopic (exact) mass is 689 g/mol. The van der Waals surface area contributed by atoms with E-state index in [0.717, 1.165) is 69.4 Å². The van der Waals surface area contributed by atoms with E-state index in [2.05, 4.69) is 10.2 Å². The number of benzene rings is 2. The number of amides is 1. The first-order chi connectivity index (χ1) is 21.0. The van der Waals surface area contributed by atoms with Gasteiger partial charge in [-0.25, -0.2) is 18.0 Å². The third-order valence-electron chi connectivity index (χ3n) is 8.95. The maximum atomic E-state index is 14.2. The molecule has 12 heteroatoms. The first-order valence-corrected chi connectivity index (χ1v) is 15.9. The molecule has 1 saturated carbocycles. The van der Waals surface area contributed by atoms with E-state index in [4.69, 9.17) is 4.74 Å². The van der Waals surface area contributed by atoms with Crippen molar-refractivity contribution in [2.75, 3.05) is 26.2 Å². The summed E-state index contributed by atoms with van der Waals surface area (Å²) in [5.74, 6) is -2.44. The Hall–Kier alpha value is -2.53. The smallest absolute Gasteiger partial charge is 0.410 e. The predicted octanol–water partition coefficient (Wildman–Crippen LogP) is 7.41. The number of carboxylic acids is 1. The SMILES string of the molecule is CCCN(C(=O)OCc1ccc(F)c(F)c1)C1CCN(CC2CC(N[C@H](CC(C)C)C(=O)O)CC2c2cccc(F)c2)CC1.Cl.Cl. The zero-order chi connectivity index (χ0) is 31.8. The number of hydrogen-bond acceptors (Lipinski definition) is 5. The lowest BCUT2D eigenvalue weighted by Crippen LogP contribution is -2.48. The Kier molecular flexibility index (Phi) is 16.1. The minimum atomic E-state index is -0.974. The number of ether oxygens (including phenoxy) is 1. The lowest BCUT2D eigenvalue weighted by atomic mass is 9.88. The van der Waals surface area contributed by atoms with Crippen LogP contribution in [0.5, 0.6) is 0 Å². The molecule has 2 N–H and O–H groups in total. The van der Waals surface area contributed by atoms with Crippen LogP contribution in [-0.4, -0.2) is 71.3 Å². The average Bonchev–Trinajstić information content (AvgIpc) is 3.38. The topological polar surface area (TPSA) is 82.1 Å². The van der Waals surface area contributed by atoms with Gasteiger partial charge in [0.15, 0.2) is 11.6 Å². The number of carbonyl (C=O) groups excluding carboxylic acids is 1. The molecule has 0 spiro atoms. The predicted molar refractivity (Wildman–Crippen MR) is 177 cm³/mol. The molecule has 2 aromatic rings. The number of nitrogens with one attached hydrogen (secondary N) is 1. The number of aliphatic carboxylic acids is 1. The lowest BCUT2D eigenvalue weighted by Gasteiger charge is -2.39. The maximum absolute atomic E-state index is 14.2. The Labute approximate surface area is 283 Å². The molecule has 2 aromatic carbocycles. The molecule has 0 aromatic heterocycles. The summed E-state index contributed by atoms with van der Waals surface area (Å²) in [5, 5.41) is 13.2. The van der Waals surface area contributed by atoms with Crippen LogP contribution in [-0.2, 0) is 16.1 Å². The molecule has 1 amide bonds. The summed E-state index contributed by atoms with van der Waals surface area (Å²) in [6.45, 7) is 8.83. The number of rotatable bonds is 13. The van der Waals surface area contributed by atoms with Crippen molar-refractivity contribution in [3.63, 3.8) is 0 Å². The second kappa shape index (κ2) is 18.7. The van der Waals surface area contributed by atoms with E-state index in [1.165, 1.54) is 12.1 Å². The van der Waals surface area contributed by atoms with Gasteiger partial charge in [-0.15, -0.1) is 24.8 Å². The van der Waals surface area contributed by atoms with Gasteiger partial charge in [-0.2, -0.15) is 0 Å². The van der Waals surface area contributed by atoms with Crippen LogP contribution in [0.4, 0.5) is 18.0 Å². The van der Waals surface area contributed by atoms with E-state index in [9.17, 15) is 27.9 Å². The van der Waals surface area contributed by atoms with E-state index < -0.39 is 29.7 Å². The van der Waals surface area contributed by atoms with Crippen LogP contribution in [0.1, 0.15) is 76.3 Å². The van der Waals surface area contributed by atoms with Crippen LogP contribution < -0.4 is 5.32 Å². The lowest BCUT2D eigenvalue weighted by molar-refractivity contribution is -0.140. The molecule has 7 nitrogen and oxygen atoms in total. The van der Waals surface area contributed by atoms with Crippen LogP contribution in [0.3, 0.4) is 0 Å². The third kappa shape index (κ3) is 11.0. The van der Waals surface area contributed by atoms with Crippen LogP contribution in [0.25, 0.3) is 0 Å². The Morgan fingerprint density at radius 2 is 1.76 bits per heavy atom. The molecule has 1 aliphatic carbocycles. The summed E-state index contributed by atoms with van der Waals surface area (Å²) in [6.07, 6.45) is 3.96. The highest BCUT2D eigenvalue weighted by molar-refractivity contribution is 5.85. The number of hydrogen-bond donors (Lipinski definition) is 2. The molecule has 46 heavy (non-hydrogen) atoms. The number of carbonyl (C=O) groups is 2. The van der Waals surface area contributed by atoms with Gasteiger partial charge in [0.05, 0.1) is 0 Å². The molecule has 1 saturated heterocycles. The van der Waals surface area contributed by atoms with Crippen LogP contribution in [0.15, 0.2) is 42.5 Å². The summed E-state index contributed by atoms with van der Waals surface area (Å²) in [4.78, 5) is 29.1. The largest absolute Gasteiger partial charge is 0.480 e. The second-order valence-corrected chi connectivity index (χ2v) is 12.8. The van der Waals surface area contributed by atoms with Gasteiger partial charge in [0.25, 0.3) is 0 Å². The van der Waals surface area contributed by atoms with Crippen molar-refractivity contribution in [3.05, 3.63) is 71.0 Å². The Morgan fingerprint density at radius 3 is 2.37 bits per heavy atom. The van der Waals surface area contributed by atoms with Gasteiger partial charge in [-0.1, -0.05) is 39.0 Å². The van der Waals surface area contributed by atoms with Crippen LogP contribution in [0.2, 0.25) is 0 Å². The van der Waals surface area contributed by atoms with Crippen molar-refractivity contribution in [1.29, 1.82) is 0 Å². The number of halogens is 5. The molecule has 4 rings (SSSR count). The van der Waals surface area contributed by atoms with Crippen molar-refractivity contribution >= 4 is 36.9 Å². The average molecular weight is 691 g/mol. The third-order valence-corrected chi connectivity index (χ3v) is 8.95. The minimum absolute atomic E-state index is 0. The Balaban J connectivity index is 0.00000368. The minimum Gasteiger partial charge on any atom is -0.480 e. The quantitative estimate of drug-likeness (QED) is 0.228. The van der Waals surface area contributed by atoms with Gasteiger partial charge in [0.2, 0.25) is 0 Å². The van der Waals surface area contributed by atoms with Crippen molar-refractivity contribution in [2.45, 2.75) is 89.9 Å². The van der Waals surface area contributed by atoms with Crippen molar-refractivity contribution in [2.24, 2.45) is 11.8 Å². The molecule has 3 unspecified atom stereocenters. The molecule has 1 aliphatic heterocycles. The maximum Gasteiger partial charge on any atom is 0.410 e. The van der Waals surface area contributed by atoms with E-state index in [1.807, 2.05) is 26.8 Å². The highest BCUT2D eigenvalue weighted by atomic mass is 35.5. The van der Waals surface area contributed by atoms with Crippen LogP contribution >= 0.6 is 24.8 Å². The molecule has 1 heterocycles. The number of piperidine rings is 1. The van der Waals surface area contributed by atoms with E-state index in [0.29, 0.717) is 18.5 Å². The number of likely N-dealkylation sites (tertiary alicyclic amines) is 1. The number of nitrogens with zero attached hydrogens (tertiary/aromatic N) is 2. The summed E-state index contributed by atoms with van der Waals surface area (Å²) in [6, 6.07) is 9.63. The van der Waals surface area contributed by atoms with E-state index >= 15 is 0 Å². The Bertz CT molecular complexity index is 1270. The summed E-state index contributed by atoms with van der Waals surface area (Å²) in [7, 11) is 0. The van der Waals surface area contributed by atoms with Gasteiger partial charge < -0.3 is 25.0 Å². The fraction of sp³-hybridized carbons (Fsp3) is 0.588. The second-order valence-electron chi connectivity index (χ2n) is 12.8. The molecule has 2 fully saturated rings. The van der Waals surface area contributed by atoms with Crippen molar-refractivity contribution < 1.29 is 32.6 Å². The zero-order valence-electron chi connectivity index (χ0n) is 26.8. The van der Waals surface area contributed by atoms with E-state index in [-0.39, 0.29) is 67.1 Å². The number of carboxylic acid groups (broad SMARTS) is 1. The summed E-state index contributed by atoms with van der Waals surface area (Å²) < 4.78 is 46.5. The molecule has 4 atom stereocenters. The van der Waals surface area contributed by atoms with Gasteiger partial charge in [0.1, 0.15) is 18.5 Å².